The Hall–Kier alpha value is -2.67. The molecule has 1 heterocycles. The van der Waals surface area contributed by atoms with Crippen LogP contribution in [0.5, 0.6) is 0 Å². The maximum absolute atomic E-state index is 12.9. The summed E-state index contributed by atoms with van der Waals surface area (Å²) in [6.45, 7) is 2.42. The molecular formula is C19H18FN3O2S. The summed E-state index contributed by atoms with van der Waals surface area (Å²) in [7, 11) is 1.71. The van der Waals surface area contributed by atoms with Gasteiger partial charge in [0.2, 0.25) is 11.8 Å². The van der Waals surface area contributed by atoms with E-state index in [0.29, 0.717) is 17.7 Å². The summed E-state index contributed by atoms with van der Waals surface area (Å²) >= 11 is 1.20. The molecule has 7 heteroatoms. The first-order valence-corrected chi connectivity index (χ1v) is 9.01. The lowest BCUT2D eigenvalue weighted by Crippen LogP contribution is -2.27. The summed E-state index contributed by atoms with van der Waals surface area (Å²) in [4.78, 5) is 13.8. The van der Waals surface area contributed by atoms with E-state index < -0.39 is 0 Å². The third kappa shape index (κ3) is 4.70. The van der Waals surface area contributed by atoms with Crippen molar-refractivity contribution >= 4 is 17.7 Å². The molecule has 1 aromatic heterocycles. The number of halogens is 1. The molecule has 0 aliphatic rings. The molecular weight excluding hydrogens is 353 g/mol. The normalized spacial score (nSPS) is 10.7. The van der Waals surface area contributed by atoms with Crippen LogP contribution >= 0.6 is 11.8 Å². The van der Waals surface area contributed by atoms with Crippen LogP contribution in [0, 0.1) is 12.7 Å². The molecule has 5 nitrogen and oxygen atoms in total. The first-order chi connectivity index (χ1) is 12.5. The standard InChI is InChI=1S/C19H18FN3O2S/c1-13-3-7-15(8-4-13)18-21-22-19(25-18)26-12-17(24)23(2)11-14-5-9-16(20)10-6-14/h3-10H,11-12H2,1-2H3. The van der Waals surface area contributed by atoms with Gasteiger partial charge in [0.05, 0.1) is 5.75 Å². The van der Waals surface area contributed by atoms with Crippen molar-refractivity contribution in [1.82, 2.24) is 15.1 Å². The van der Waals surface area contributed by atoms with Crippen molar-refractivity contribution in [3.05, 3.63) is 65.5 Å². The minimum atomic E-state index is -0.293. The van der Waals surface area contributed by atoms with Crippen LogP contribution < -0.4 is 0 Å². The Bertz CT molecular complexity index is 879. The van der Waals surface area contributed by atoms with Gasteiger partial charge in [-0.15, -0.1) is 10.2 Å². The molecule has 0 bridgehead atoms. The quantitative estimate of drug-likeness (QED) is 0.615. The Morgan fingerprint density at radius 1 is 1.12 bits per heavy atom. The molecule has 0 saturated heterocycles. The molecule has 0 aliphatic carbocycles. The lowest BCUT2D eigenvalue weighted by molar-refractivity contribution is -0.127. The second-order valence-corrected chi connectivity index (χ2v) is 6.83. The van der Waals surface area contributed by atoms with Gasteiger partial charge in [-0.1, -0.05) is 41.6 Å². The van der Waals surface area contributed by atoms with E-state index in [9.17, 15) is 9.18 Å². The van der Waals surface area contributed by atoms with E-state index in [1.54, 1.807) is 24.1 Å². The molecule has 134 valence electrons. The fourth-order valence-corrected chi connectivity index (χ4v) is 2.97. The molecule has 0 saturated carbocycles. The highest BCUT2D eigenvalue weighted by atomic mass is 32.2. The van der Waals surface area contributed by atoms with Crippen LogP contribution in [0.3, 0.4) is 0 Å². The number of thioether (sulfide) groups is 1. The summed E-state index contributed by atoms with van der Waals surface area (Å²) in [5.41, 5.74) is 2.86. The van der Waals surface area contributed by atoms with E-state index >= 15 is 0 Å². The Balaban J connectivity index is 1.54. The van der Waals surface area contributed by atoms with Gasteiger partial charge in [-0.25, -0.2) is 4.39 Å². The van der Waals surface area contributed by atoms with Gasteiger partial charge in [0.1, 0.15) is 5.82 Å². The van der Waals surface area contributed by atoms with Gasteiger partial charge < -0.3 is 9.32 Å². The molecule has 0 aliphatic heterocycles. The summed E-state index contributed by atoms with van der Waals surface area (Å²) in [5.74, 6) is 0.251. The average Bonchev–Trinajstić information content (AvgIpc) is 3.11. The number of rotatable bonds is 6. The number of hydrogen-bond acceptors (Lipinski definition) is 5. The van der Waals surface area contributed by atoms with E-state index in [-0.39, 0.29) is 17.5 Å². The zero-order valence-corrected chi connectivity index (χ0v) is 15.3. The zero-order valence-electron chi connectivity index (χ0n) is 14.5. The first kappa shape index (κ1) is 18.1. The van der Waals surface area contributed by atoms with Gasteiger partial charge in [-0.2, -0.15) is 0 Å². The van der Waals surface area contributed by atoms with Crippen LogP contribution in [0.4, 0.5) is 4.39 Å². The fourth-order valence-electron chi connectivity index (χ4n) is 2.27. The van der Waals surface area contributed by atoms with Crippen LogP contribution in [0.25, 0.3) is 11.5 Å². The zero-order chi connectivity index (χ0) is 18.5. The molecule has 0 N–H and O–H groups in total. The van der Waals surface area contributed by atoms with Crippen molar-refractivity contribution in [2.45, 2.75) is 18.7 Å². The smallest absolute Gasteiger partial charge is 0.277 e. The molecule has 3 aromatic rings. The number of carbonyl (C=O) groups is 1. The van der Waals surface area contributed by atoms with Gasteiger partial charge in [0.25, 0.3) is 5.22 Å². The van der Waals surface area contributed by atoms with Crippen LogP contribution in [-0.4, -0.2) is 33.8 Å². The number of benzene rings is 2. The fraction of sp³-hybridized carbons (Fsp3) is 0.211. The van der Waals surface area contributed by atoms with E-state index in [1.807, 2.05) is 31.2 Å². The molecule has 2 aromatic carbocycles. The summed E-state index contributed by atoms with van der Waals surface area (Å²) in [6.07, 6.45) is 0. The number of carbonyl (C=O) groups excluding carboxylic acids is 1. The number of amides is 1. The maximum atomic E-state index is 12.9. The number of hydrogen-bond donors (Lipinski definition) is 0. The van der Waals surface area contributed by atoms with Crippen molar-refractivity contribution in [2.24, 2.45) is 0 Å². The molecule has 0 atom stereocenters. The van der Waals surface area contributed by atoms with Crippen molar-refractivity contribution in [3.8, 4) is 11.5 Å². The minimum Gasteiger partial charge on any atom is -0.411 e. The third-order valence-corrected chi connectivity index (χ3v) is 4.59. The topological polar surface area (TPSA) is 59.2 Å². The van der Waals surface area contributed by atoms with Gasteiger partial charge in [-0.3, -0.25) is 4.79 Å². The lowest BCUT2D eigenvalue weighted by atomic mass is 10.1. The van der Waals surface area contributed by atoms with Gasteiger partial charge in [0.15, 0.2) is 0 Å². The molecule has 0 unspecified atom stereocenters. The predicted octanol–water partition coefficient (Wildman–Crippen LogP) is 3.93. The molecule has 26 heavy (non-hydrogen) atoms. The highest BCUT2D eigenvalue weighted by Gasteiger charge is 2.14. The summed E-state index contributed by atoms with van der Waals surface area (Å²) < 4.78 is 18.5. The maximum Gasteiger partial charge on any atom is 0.277 e. The molecule has 0 radical (unpaired) electrons. The first-order valence-electron chi connectivity index (χ1n) is 8.03. The van der Waals surface area contributed by atoms with Gasteiger partial charge in [-0.05, 0) is 36.8 Å². The van der Waals surface area contributed by atoms with Crippen LogP contribution in [0.1, 0.15) is 11.1 Å². The van der Waals surface area contributed by atoms with Crippen LogP contribution in [0.2, 0.25) is 0 Å². The highest BCUT2D eigenvalue weighted by molar-refractivity contribution is 7.99. The molecule has 0 spiro atoms. The summed E-state index contributed by atoms with van der Waals surface area (Å²) in [5, 5.41) is 8.34. The average molecular weight is 371 g/mol. The molecule has 0 fully saturated rings. The monoisotopic (exact) mass is 371 g/mol. The second kappa shape index (κ2) is 8.14. The van der Waals surface area contributed by atoms with E-state index in [4.69, 9.17) is 4.42 Å². The Labute approximate surface area is 155 Å². The van der Waals surface area contributed by atoms with Crippen molar-refractivity contribution in [2.75, 3.05) is 12.8 Å². The summed E-state index contributed by atoms with van der Waals surface area (Å²) in [6, 6.07) is 13.9. The van der Waals surface area contributed by atoms with Gasteiger partial charge in [0, 0.05) is 19.2 Å². The number of nitrogens with zero attached hydrogens (tertiary/aromatic N) is 3. The Kier molecular flexibility index (Phi) is 5.68. The second-order valence-electron chi connectivity index (χ2n) is 5.90. The largest absolute Gasteiger partial charge is 0.411 e. The predicted molar refractivity (Wildman–Crippen MR) is 98.1 cm³/mol. The molecule has 3 rings (SSSR count). The Morgan fingerprint density at radius 3 is 2.50 bits per heavy atom. The highest BCUT2D eigenvalue weighted by Crippen LogP contribution is 2.23. The van der Waals surface area contributed by atoms with Crippen LogP contribution in [0.15, 0.2) is 58.2 Å². The number of aromatic nitrogens is 2. The lowest BCUT2D eigenvalue weighted by Gasteiger charge is -2.16. The third-order valence-electron chi connectivity index (χ3n) is 3.78. The van der Waals surface area contributed by atoms with E-state index in [2.05, 4.69) is 10.2 Å². The van der Waals surface area contributed by atoms with Gasteiger partial charge >= 0.3 is 0 Å². The minimum absolute atomic E-state index is 0.0746. The number of aryl methyl sites for hydroxylation is 1. The van der Waals surface area contributed by atoms with E-state index in [0.717, 1.165) is 16.7 Å². The van der Waals surface area contributed by atoms with Crippen molar-refractivity contribution in [3.63, 3.8) is 0 Å². The molecule has 1 amide bonds. The van der Waals surface area contributed by atoms with Crippen LogP contribution in [-0.2, 0) is 11.3 Å². The SMILES string of the molecule is Cc1ccc(-c2nnc(SCC(=O)N(C)Cc3ccc(F)cc3)o2)cc1. The Morgan fingerprint density at radius 2 is 1.81 bits per heavy atom. The van der Waals surface area contributed by atoms with E-state index in [1.165, 1.54) is 23.9 Å². The van der Waals surface area contributed by atoms with Crippen molar-refractivity contribution in [1.29, 1.82) is 0 Å². The van der Waals surface area contributed by atoms with Crippen molar-refractivity contribution < 1.29 is 13.6 Å².